The average Bonchev–Trinajstić information content (AvgIpc) is 3.82. The van der Waals surface area contributed by atoms with E-state index >= 15 is 0 Å². The molecule has 4 heteroatoms. The van der Waals surface area contributed by atoms with Crippen molar-refractivity contribution in [3.8, 4) is 22.5 Å². The first-order chi connectivity index (χ1) is 27.6. The van der Waals surface area contributed by atoms with Crippen molar-refractivity contribution in [1.29, 1.82) is 0 Å². The second-order valence-corrected chi connectivity index (χ2v) is 21.3. The van der Waals surface area contributed by atoms with Crippen LogP contribution in [0, 0.1) is 12.8 Å². The second kappa shape index (κ2) is 10.5. The summed E-state index contributed by atoms with van der Waals surface area (Å²) < 4.78 is 56.9. The first-order valence-electron chi connectivity index (χ1n) is 21.1. The van der Waals surface area contributed by atoms with Crippen LogP contribution in [0.2, 0.25) is 19.6 Å². The molecule has 5 heterocycles. The molecule has 0 N–H and O–H groups in total. The van der Waals surface area contributed by atoms with E-state index in [9.17, 15) is 2.74 Å². The highest BCUT2D eigenvalue weighted by Gasteiger charge is 2.67. The number of furan rings is 1. The number of fused-ring (bicyclic) bond motifs is 20. The van der Waals surface area contributed by atoms with Gasteiger partial charge in [-0.25, -0.2) is 0 Å². The SMILES string of the molecule is [2H]C([2H])([2H])c1c[n+]2c(cc1C([2H])([2H])C(C)C)-c1c(ccc3c1oc1cc4c5ccccc5c5ccccc5c4cc13)C21c2ccccc2-c2ccc([Si](C)(C)C)c[n+]21. The molecule has 53 heavy (non-hydrogen) atoms. The summed E-state index contributed by atoms with van der Waals surface area (Å²) in [6.45, 7) is 8.07. The maximum atomic E-state index is 9.37. The quantitative estimate of drug-likeness (QED) is 0.102. The summed E-state index contributed by atoms with van der Waals surface area (Å²) in [5.74, 6) is -0.479. The fraction of sp³-hybridized carbons (Fsp3) is 0.184. The van der Waals surface area contributed by atoms with Crippen LogP contribution in [0.3, 0.4) is 0 Å². The molecule has 3 nitrogen and oxygen atoms in total. The summed E-state index contributed by atoms with van der Waals surface area (Å²) in [7, 11) is -1.84. The van der Waals surface area contributed by atoms with Crippen molar-refractivity contribution in [3.05, 3.63) is 150 Å². The van der Waals surface area contributed by atoms with Gasteiger partial charge in [0.25, 0.3) is 0 Å². The Balaban J connectivity index is 1.33. The molecular weight excluding hydrogens is 661 g/mol. The molecule has 1 unspecified atom stereocenters. The van der Waals surface area contributed by atoms with Crippen LogP contribution < -0.4 is 14.3 Å². The Hall–Kier alpha value is -5.58. The average molecular weight is 708 g/mol. The zero-order valence-corrected chi connectivity index (χ0v) is 31.5. The first kappa shape index (κ1) is 26.2. The van der Waals surface area contributed by atoms with Gasteiger partial charge in [0.1, 0.15) is 27.9 Å². The summed E-state index contributed by atoms with van der Waals surface area (Å²) in [5.41, 5.74) is 6.32. The van der Waals surface area contributed by atoms with Crippen molar-refractivity contribution in [2.45, 2.75) is 52.4 Å². The number of pyridine rings is 2. The molecule has 6 aromatic carbocycles. The van der Waals surface area contributed by atoms with E-state index in [1.807, 2.05) is 19.9 Å². The summed E-state index contributed by atoms with van der Waals surface area (Å²) in [6, 6.07) is 40.7. The molecule has 0 saturated heterocycles. The molecule has 1 atom stereocenters. The van der Waals surface area contributed by atoms with E-state index < -0.39 is 32.9 Å². The fourth-order valence-corrected chi connectivity index (χ4v) is 10.5. The maximum absolute atomic E-state index is 9.37. The van der Waals surface area contributed by atoms with Crippen molar-refractivity contribution in [2.75, 3.05) is 0 Å². The molecule has 0 amide bonds. The summed E-state index contributed by atoms with van der Waals surface area (Å²) in [4.78, 5) is 0. The Bertz CT molecular complexity index is 3290. The van der Waals surface area contributed by atoms with E-state index in [2.05, 4.69) is 144 Å². The third-order valence-electron chi connectivity index (χ3n) is 11.8. The molecule has 3 aromatic heterocycles. The minimum absolute atomic E-state index is 0.0147. The van der Waals surface area contributed by atoms with Crippen molar-refractivity contribution in [3.63, 3.8) is 0 Å². The number of hydrogen-bond donors (Lipinski definition) is 0. The molecule has 0 fully saturated rings. The number of benzene rings is 6. The third-order valence-corrected chi connectivity index (χ3v) is 13.8. The van der Waals surface area contributed by atoms with Crippen molar-refractivity contribution in [2.24, 2.45) is 5.92 Å². The highest BCUT2D eigenvalue weighted by Crippen LogP contribution is 2.51. The highest BCUT2D eigenvalue weighted by molar-refractivity contribution is 6.88. The van der Waals surface area contributed by atoms with Crippen LogP contribution in [-0.4, -0.2) is 8.07 Å². The van der Waals surface area contributed by atoms with Gasteiger partial charge in [0.2, 0.25) is 11.4 Å². The predicted octanol–water partition coefficient (Wildman–Crippen LogP) is 10.9. The Morgan fingerprint density at radius 1 is 0.660 bits per heavy atom. The van der Waals surface area contributed by atoms with Gasteiger partial charge in [0, 0.05) is 40.5 Å². The summed E-state index contributed by atoms with van der Waals surface area (Å²) >= 11 is 0. The van der Waals surface area contributed by atoms with Crippen LogP contribution >= 0.6 is 0 Å². The monoisotopic (exact) mass is 707 g/mol. The van der Waals surface area contributed by atoms with Crippen LogP contribution in [-0.2, 0) is 12.0 Å². The molecule has 2 aliphatic rings. The van der Waals surface area contributed by atoms with Crippen LogP contribution in [0.5, 0.6) is 0 Å². The summed E-state index contributed by atoms with van der Waals surface area (Å²) in [6.07, 6.45) is 2.09. The maximum Gasteiger partial charge on any atom is 0.417 e. The van der Waals surface area contributed by atoms with Gasteiger partial charge in [0.05, 0.1) is 13.6 Å². The van der Waals surface area contributed by atoms with Crippen molar-refractivity contribution >= 4 is 67.5 Å². The first-order valence-corrected chi connectivity index (χ1v) is 22.1. The fourth-order valence-electron chi connectivity index (χ4n) is 9.45. The third kappa shape index (κ3) is 3.99. The second-order valence-electron chi connectivity index (χ2n) is 16.2. The molecule has 0 aliphatic carbocycles. The lowest BCUT2D eigenvalue weighted by Crippen LogP contribution is -2.72. The smallest absolute Gasteiger partial charge is 0.417 e. The topological polar surface area (TPSA) is 20.9 Å². The number of rotatable bonds is 3. The molecule has 256 valence electrons. The molecule has 0 saturated carbocycles. The lowest BCUT2D eigenvalue weighted by molar-refractivity contribution is -0.954. The van der Waals surface area contributed by atoms with Crippen LogP contribution in [0.25, 0.3) is 76.8 Å². The van der Waals surface area contributed by atoms with Gasteiger partial charge in [-0.15, -0.1) is 9.13 Å². The molecule has 0 radical (unpaired) electrons. The zero-order chi connectivity index (χ0) is 40.3. The van der Waals surface area contributed by atoms with Gasteiger partial charge >= 0.3 is 5.66 Å². The predicted molar refractivity (Wildman–Crippen MR) is 222 cm³/mol. The Morgan fingerprint density at radius 3 is 2.02 bits per heavy atom. The van der Waals surface area contributed by atoms with Crippen molar-refractivity contribution in [1.82, 2.24) is 0 Å². The lowest BCUT2D eigenvalue weighted by atomic mass is 9.88. The van der Waals surface area contributed by atoms with E-state index in [0.29, 0.717) is 5.58 Å². The number of nitrogens with zero attached hydrogens (tertiary/aromatic N) is 2. The number of hydrogen-bond acceptors (Lipinski definition) is 1. The molecule has 11 rings (SSSR count). The largest absolute Gasteiger partial charge is 0.455 e. The molecule has 2 aliphatic heterocycles. The summed E-state index contributed by atoms with van der Waals surface area (Å²) in [5, 5.41) is 10.2. The van der Waals surface area contributed by atoms with Gasteiger partial charge in [-0.3, -0.25) is 0 Å². The highest BCUT2D eigenvalue weighted by atomic mass is 28.3. The van der Waals surface area contributed by atoms with E-state index in [4.69, 9.17) is 8.53 Å². The van der Waals surface area contributed by atoms with Crippen LogP contribution in [0.1, 0.15) is 43.0 Å². The molecular formula is C49H42N2OSi+2. The van der Waals surface area contributed by atoms with Gasteiger partial charge in [0.15, 0.2) is 12.4 Å². The van der Waals surface area contributed by atoms with E-state index in [1.165, 1.54) is 21.3 Å². The van der Waals surface area contributed by atoms with Crippen LogP contribution in [0.4, 0.5) is 0 Å². The lowest BCUT2D eigenvalue weighted by Gasteiger charge is -2.20. The molecule has 9 aromatic rings. The Kier molecular flexibility index (Phi) is 5.20. The molecule has 1 spiro atoms. The number of aryl methyl sites for hydroxylation is 1. The molecule has 0 bridgehead atoms. The van der Waals surface area contributed by atoms with Gasteiger partial charge < -0.3 is 4.42 Å². The van der Waals surface area contributed by atoms with Gasteiger partial charge in [-0.05, 0) is 93.4 Å². The van der Waals surface area contributed by atoms with Crippen molar-refractivity contribution < 1.29 is 20.4 Å². The minimum atomic E-state index is -2.58. The van der Waals surface area contributed by atoms with E-state index in [0.717, 1.165) is 66.2 Å². The standard InChI is InChI=1S/C49H42N2OSi/c1-29(2)23-31-24-45-47-43(49(50(45)27-30(31)3)42-18-12-11-17-38(42)44-22-19-32(28-51(44)49)53(4,5)6)21-20-37-41-25-39-35-15-9-7-13-33(35)34-14-8-10-16-36(34)40(39)26-46(41)52-48(37)47/h7-22,24-29H,23H2,1-6H3/q+2/i3D3,23D2. The van der Waals surface area contributed by atoms with Gasteiger partial charge in [-0.1, -0.05) is 100 Å². The Morgan fingerprint density at radius 2 is 1.32 bits per heavy atom. The minimum Gasteiger partial charge on any atom is -0.455 e. The van der Waals surface area contributed by atoms with Gasteiger partial charge in [-0.2, -0.15) is 0 Å². The van der Waals surface area contributed by atoms with Crippen LogP contribution in [0.15, 0.2) is 132 Å². The normalized spacial score (nSPS) is 18.0. The van der Waals surface area contributed by atoms with E-state index in [1.54, 1.807) is 6.20 Å². The zero-order valence-electron chi connectivity index (χ0n) is 35.5. The number of aromatic nitrogens is 2. The Labute approximate surface area is 317 Å². The van der Waals surface area contributed by atoms with E-state index in [-0.39, 0.29) is 11.1 Å².